The number of amides is 1. The molecule has 0 saturated heterocycles. The third-order valence-electron chi connectivity index (χ3n) is 2.35. The van der Waals surface area contributed by atoms with Gasteiger partial charge in [-0.25, -0.2) is 0 Å². The minimum absolute atomic E-state index is 0.103. The second-order valence-corrected chi connectivity index (χ2v) is 5.97. The zero-order chi connectivity index (χ0) is 12.6. The molecule has 4 heteroatoms. The molecule has 0 aliphatic carbocycles. The quantitative estimate of drug-likeness (QED) is 0.649. The van der Waals surface area contributed by atoms with Crippen LogP contribution in [0.3, 0.4) is 0 Å². The maximum Gasteiger partial charge on any atom is 0.225 e. The van der Waals surface area contributed by atoms with Crippen molar-refractivity contribution in [1.82, 2.24) is 5.32 Å². The Hall–Kier alpha value is -1.26. The Kier molecular flexibility index (Phi) is 5.30. The third-order valence-corrected chi connectivity index (χ3v) is 4.24. The SMILES string of the molecule is O=C(Cc1cccs1)NCCSc1ccccc1. The highest BCUT2D eigenvalue weighted by Crippen LogP contribution is 2.15. The molecule has 0 bridgehead atoms. The van der Waals surface area contributed by atoms with Crippen molar-refractivity contribution < 1.29 is 4.79 Å². The zero-order valence-corrected chi connectivity index (χ0v) is 11.6. The van der Waals surface area contributed by atoms with E-state index < -0.39 is 0 Å². The normalized spacial score (nSPS) is 10.2. The summed E-state index contributed by atoms with van der Waals surface area (Å²) in [5, 5.41) is 4.93. The number of benzene rings is 1. The molecule has 0 unspecified atom stereocenters. The summed E-state index contributed by atoms with van der Waals surface area (Å²) in [7, 11) is 0. The molecular weight excluding hydrogens is 262 g/mol. The molecule has 0 radical (unpaired) electrons. The summed E-state index contributed by atoms with van der Waals surface area (Å²) < 4.78 is 0. The summed E-state index contributed by atoms with van der Waals surface area (Å²) >= 11 is 3.38. The molecule has 2 nitrogen and oxygen atoms in total. The Labute approximate surface area is 115 Å². The molecule has 0 atom stereocenters. The zero-order valence-electron chi connectivity index (χ0n) is 9.96. The maximum atomic E-state index is 11.6. The van der Waals surface area contributed by atoms with Crippen LogP contribution in [0.2, 0.25) is 0 Å². The van der Waals surface area contributed by atoms with Crippen LogP contribution in [-0.2, 0) is 11.2 Å². The molecule has 94 valence electrons. The van der Waals surface area contributed by atoms with Crippen LogP contribution in [0.15, 0.2) is 52.7 Å². The first kappa shape index (κ1) is 13.2. The predicted molar refractivity (Wildman–Crippen MR) is 78.2 cm³/mol. The number of rotatable bonds is 6. The molecule has 1 N–H and O–H groups in total. The molecule has 1 heterocycles. The first-order valence-corrected chi connectivity index (χ1v) is 7.68. The highest BCUT2D eigenvalue weighted by molar-refractivity contribution is 7.99. The molecule has 2 aromatic rings. The van der Waals surface area contributed by atoms with Crippen LogP contribution in [0.1, 0.15) is 4.88 Å². The van der Waals surface area contributed by atoms with Crippen LogP contribution in [0.25, 0.3) is 0 Å². The number of nitrogens with one attached hydrogen (secondary N) is 1. The van der Waals surface area contributed by atoms with Gasteiger partial charge in [0.1, 0.15) is 0 Å². The van der Waals surface area contributed by atoms with Gasteiger partial charge >= 0.3 is 0 Å². The van der Waals surface area contributed by atoms with Crippen molar-refractivity contribution in [3.05, 3.63) is 52.7 Å². The first-order chi connectivity index (χ1) is 8.84. The lowest BCUT2D eigenvalue weighted by molar-refractivity contribution is -0.120. The minimum atomic E-state index is 0.103. The summed E-state index contributed by atoms with van der Waals surface area (Å²) in [6.07, 6.45) is 0.494. The van der Waals surface area contributed by atoms with Gasteiger partial charge in [-0.1, -0.05) is 24.3 Å². The van der Waals surface area contributed by atoms with E-state index in [1.165, 1.54) is 4.90 Å². The smallest absolute Gasteiger partial charge is 0.225 e. The van der Waals surface area contributed by atoms with Gasteiger partial charge in [-0.15, -0.1) is 23.1 Å². The van der Waals surface area contributed by atoms with Crippen molar-refractivity contribution in [2.24, 2.45) is 0 Å². The van der Waals surface area contributed by atoms with E-state index in [1.807, 2.05) is 35.7 Å². The fraction of sp³-hybridized carbons (Fsp3) is 0.214. The number of hydrogen-bond donors (Lipinski definition) is 1. The van der Waals surface area contributed by atoms with Crippen LogP contribution < -0.4 is 5.32 Å². The highest BCUT2D eigenvalue weighted by atomic mass is 32.2. The standard InChI is InChI=1S/C14H15NOS2/c16-14(11-13-7-4-9-17-13)15-8-10-18-12-5-2-1-3-6-12/h1-7,9H,8,10-11H2,(H,15,16). The van der Waals surface area contributed by atoms with Crippen LogP contribution in [0.5, 0.6) is 0 Å². The number of carbonyl (C=O) groups excluding carboxylic acids is 1. The van der Waals surface area contributed by atoms with Crippen LogP contribution in [0, 0.1) is 0 Å². The topological polar surface area (TPSA) is 29.1 Å². The average molecular weight is 277 g/mol. The van der Waals surface area contributed by atoms with Gasteiger partial charge in [0, 0.05) is 22.1 Å². The van der Waals surface area contributed by atoms with E-state index in [9.17, 15) is 4.79 Å². The monoisotopic (exact) mass is 277 g/mol. The Bertz CT molecular complexity index is 468. The molecule has 0 aliphatic rings. The summed E-state index contributed by atoms with van der Waals surface area (Å²) in [5.41, 5.74) is 0. The number of carbonyl (C=O) groups is 1. The van der Waals surface area contributed by atoms with Gasteiger partial charge in [0.15, 0.2) is 0 Å². The van der Waals surface area contributed by atoms with Crippen LogP contribution in [0.4, 0.5) is 0 Å². The minimum Gasteiger partial charge on any atom is -0.355 e. The largest absolute Gasteiger partial charge is 0.355 e. The molecule has 0 spiro atoms. The van der Waals surface area contributed by atoms with Crippen LogP contribution >= 0.6 is 23.1 Å². The fourth-order valence-electron chi connectivity index (χ4n) is 1.51. The van der Waals surface area contributed by atoms with Gasteiger partial charge in [0.25, 0.3) is 0 Å². The van der Waals surface area contributed by atoms with E-state index in [0.717, 1.165) is 10.6 Å². The Balaban J connectivity index is 1.62. The Morgan fingerprint density at radius 1 is 1.17 bits per heavy atom. The van der Waals surface area contributed by atoms with Crippen molar-refractivity contribution in [2.75, 3.05) is 12.3 Å². The summed E-state index contributed by atoms with van der Waals surface area (Å²) in [4.78, 5) is 14.0. The molecule has 2 rings (SSSR count). The molecule has 0 saturated carbocycles. The summed E-state index contributed by atoms with van der Waals surface area (Å²) in [6.45, 7) is 0.712. The molecule has 18 heavy (non-hydrogen) atoms. The van der Waals surface area contributed by atoms with E-state index in [1.54, 1.807) is 23.1 Å². The summed E-state index contributed by atoms with van der Waals surface area (Å²) in [6, 6.07) is 14.2. The molecule has 1 aromatic carbocycles. The van der Waals surface area contributed by atoms with E-state index in [2.05, 4.69) is 17.4 Å². The summed E-state index contributed by atoms with van der Waals surface area (Å²) in [5.74, 6) is 1.01. The lowest BCUT2D eigenvalue weighted by Gasteiger charge is -2.04. The van der Waals surface area contributed by atoms with Crippen molar-refractivity contribution >= 4 is 29.0 Å². The van der Waals surface area contributed by atoms with Gasteiger partial charge < -0.3 is 5.32 Å². The number of thiophene rings is 1. The Morgan fingerprint density at radius 3 is 2.72 bits per heavy atom. The lowest BCUT2D eigenvalue weighted by Crippen LogP contribution is -2.26. The third kappa shape index (κ3) is 4.55. The van der Waals surface area contributed by atoms with Crippen molar-refractivity contribution in [3.8, 4) is 0 Å². The average Bonchev–Trinajstić information content (AvgIpc) is 2.89. The molecule has 0 aliphatic heterocycles. The van der Waals surface area contributed by atoms with Crippen molar-refractivity contribution in [3.63, 3.8) is 0 Å². The molecule has 1 aromatic heterocycles. The Morgan fingerprint density at radius 2 is 2.00 bits per heavy atom. The van der Waals surface area contributed by atoms with Crippen molar-refractivity contribution in [1.29, 1.82) is 0 Å². The van der Waals surface area contributed by atoms with Crippen LogP contribution in [-0.4, -0.2) is 18.2 Å². The van der Waals surface area contributed by atoms with Gasteiger partial charge in [0.2, 0.25) is 5.91 Å². The van der Waals surface area contributed by atoms with Gasteiger partial charge in [-0.2, -0.15) is 0 Å². The second kappa shape index (κ2) is 7.24. The number of thioether (sulfide) groups is 1. The molecular formula is C14H15NOS2. The fourth-order valence-corrected chi connectivity index (χ4v) is 3.00. The molecule has 0 fully saturated rings. The highest BCUT2D eigenvalue weighted by Gasteiger charge is 2.03. The second-order valence-electron chi connectivity index (χ2n) is 3.77. The molecule has 1 amide bonds. The van der Waals surface area contributed by atoms with Gasteiger partial charge in [-0.05, 0) is 23.6 Å². The predicted octanol–water partition coefficient (Wildman–Crippen LogP) is 3.20. The first-order valence-electron chi connectivity index (χ1n) is 5.81. The van der Waals surface area contributed by atoms with Crippen molar-refractivity contribution in [2.45, 2.75) is 11.3 Å². The van der Waals surface area contributed by atoms with Gasteiger partial charge in [0.05, 0.1) is 6.42 Å². The van der Waals surface area contributed by atoms with E-state index >= 15 is 0 Å². The van der Waals surface area contributed by atoms with Gasteiger partial charge in [-0.3, -0.25) is 4.79 Å². The maximum absolute atomic E-state index is 11.6. The lowest BCUT2D eigenvalue weighted by atomic mass is 10.3. The van der Waals surface area contributed by atoms with E-state index in [-0.39, 0.29) is 5.91 Å². The number of hydrogen-bond acceptors (Lipinski definition) is 3. The van der Waals surface area contributed by atoms with E-state index in [0.29, 0.717) is 13.0 Å². The van der Waals surface area contributed by atoms with E-state index in [4.69, 9.17) is 0 Å².